The Hall–Kier alpha value is -2.80. The van der Waals surface area contributed by atoms with E-state index in [1.54, 1.807) is 43.8 Å². The summed E-state index contributed by atoms with van der Waals surface area (Å²) in [4.78, 5) is 0. The van der Waals surface area contributed by atoms with Crippen LogP contribution in [0.25, 0.3) is 32.6 Å². The van der Waals surface area contributed by atoms with E-state index in [4.69, 9.17) is 0 Å². The van der Waals surface area contributed by atoms with Gasteiger partial charge in [0.05, 0.1) is 0 Å². The van der Waals surface area contributed by atoms with Gasteiger partial charge in [0, 0.05) is 0 Å². The van der Waals surface area contributed by atoms with Crippen molar-refractivity contribution in [3.63, 3.8) is 0 Å². The molecule has 0 radical (unpaired) electrons. The second kappa shape index (κ2) is 9.39. The molecule has 3 aliphatic rings. The van der Waals surface area contributed by atoms with Gasteiger partial charge in [-0.1, -0.05) is 0 Å². The molecule has 0 aromatic heterocycles. The van der Waals surface area contributed by atoms with E-state index in [1.165, 1.54) is 26.4 Å². The number of hydrogen-bond acceptors (Lipinski definition) is 0. The third-order valence-corrected chi connectivity index (χ3v) is 22.5. The van der Waals surface area contributed by atoms with E-state index in [2.05, 4.69) is 137 Å². The molecule has 2 atom stereocenters. The molecule has 1 aliphatic heterocycles. The fourth-order valence-electron chi connectivity index (χ4n) is 8.31. The van der Waals surface area contributed by atoms with Crippen LogP contribution in [0, 0.1) is 0 Å². The SMILES string of the molecule is C=C[CH2][Zr]1[CH]2C(C)=C(c3c(-c4ccccc4)cccc32)[Si](C)(C)C2=C(C)[CH]1c1cccc(-c3ccccc3)c12. The van der Waals surface area contributed by atoms with Crippen molar-refractivity contribution in [2.24, 2.45) is 0 Å². The molecule has 191 valence electrons. The Balaban J connectivity index is 1.56. The Morgan fingerprint density at radius 3 is 1.49 bits per heavy atom. The fraction of sp³-hybridized carbons (Fsp3) is 0.189. The van der Waals surface area contributed by atoms with Crippen molar-refractivity contribution in [3.8, 4) is 22.3 Å². The standard InChI is InChI=1S/C34H30Si.C3H5.Zr/c1-23-21-27-17-11-19-29(25-13-7-5-8-14-25)31(27)33(23)35(3,4)34-24(2)22-28-18-12-20-30(32(28)34)26-15-9-6-10-16-26;1-3-2;/h5-22H,1-4H3;3H,1-2H2;. The summed E-state index contributed by atoms with van der Waals surface area (Å²) >= 11 is -2.22. The second-order valence-corrected chi connectivity index (χ2v) is 22.9. The van der Waals surface area contributed by atoms with Crippen molar-refractivity contribution in [1.82, 2.24) is 0 Å². The Kier molecular flexibility index (Phi) is 6.07. The maximum absolute atomic E-state index is 4.32. The van der Waals surface area contributed by atoms with Crippen LogP contribution in [-0.2, 0) is 21.8 Å². The van der Waals surface area contributed by atoms with E-state index < -0.39 is 29.8 Å². The summed E-state index contributed by atoms with van der Waals surface area (Å²) in [5.74, 6) is 0. The predicted molar refractivity (Wildman–Crippen MR) is 167 cm³/mol. The predicted octanol–water partition coefficient (Wildman–Crippen LogP) is 10.4. The number of rotatable bonds is 4. The maximum atomic E-state index is 4.32. The molecule has 7 rings (SSSR count). The van der Waals surface area contributed by atoms with Crippen molar-refractivity contribution in [2.45, 2.75) is 38.3 Å². The Morgan fingerprint density at radius 1 is 0.641 bits per heavy atom. The van der Waals surface area contributed by atoms with E-state index in [9.17, 15) is 0 Å². The van der Waals surface area contributed by atoms with E-state index in [0.717, 1.165) is 0 Å². The van der Waals surface area contributed by atoms with Gasteiger partial charge in [-0.15, -0.1) is 0 Å². The summed E-state index contributed by atoms with van der Waals surface area (Å²) in [5.41, 5.74) is 15.4. The quantitative estimate of drug-likeness (QED) is 0.162. The van der Waals surface area contributed by atoms with E-state index in [0.29, 0.717) is 7.25 Å². The van der Waals surface area contributed by atoms with Crippen molar-refractivity contribution in [1.29, 1.82) is 0 Å². The summed E-state index contributed by atoms with van der Waals surface area (Å²) in [6.45, 7) is 14.6. The van der Waals surface area contributed by atoms with Gasteiger partial charge in [-0.05, 0) is 0 Å². The molecule has 0 spiro atoms. The minimum absolute atomic E-state index is 0.610. The van der Waals surface area contributed by atoms with Gasteiger partial charge in [-0.2, -0.15) is 0 Å². The molecule has 0 saturated heterocycles. The first-order valence-electron chi connectivity index (χ1n) is 14.2. The van der Waals surface area contributed by atoms with Gasteiger partial charge in [0.1, 0.15) is 0 Å². The van der Waals surface area contributed by atoms with Gasteiger partial charge in [-0.25, -0.2) is 0 Å². The van der Waals surface area contributed by atoms with Gasteiger partial charge in [-0.3, -0.25) is 0 Å². The second-order valence-electron chi connectivity index (χ2n) is 11.9. The van der Waals surface area contributed by atoms with Gasteiger partial charge in [0.25, 0.3) is 0 Å². The molecular weight excluding hydrogens is 564 g/mol. The van der Waals surface area contributed by atoms with Crippen LogP contribution in [0.15, 0.2) is 121 Å². The van der Waals surface area contributed by atoms with Crippen molar-refractivity contribution < 1.29 is 21.8 Å². The molecule has 4 aromatic carbocycles. The molecule has 0 nitrogen and oxygen atoms in total. The number of allylic oxidation sites excluding steroid dienone is 3. The van der Waals surface area contributed by atoms with Crippen LogP contribution >= 0.6 is 0 Å². The Morgan fingerprint density at radius 2 is 1.08 bits per heavy atom. The molecule has 0 N–H and O–H groups in total. The average Bonchev–Trinajstić information content (AvgIpc) is 3.44. The van der Waals surface area contributed by atoms with Crippen LogP contribution in [0.1, 0.15) is 43.4 Å². The van der Waals surface area contributed by atoms with Crippen molar-refractivity contribution in [2.75, 3.05) is 0 Å². The third-order valence-electron chi connectivity index (χ3n) is 9.51. The molecule has 4 bridgehead atoms. The van der Waals surface area contributed by atoms with Gasteiger partial charge in [0.15, 0.2) is 0 Å². The minimum atomic E-state index is -2.22. The molecular formula is C37H35SiZr. The monoisotopic (exact) mass is 597 g/mol. The topological polar surface area (TPSA) is 0 Å². The zero-order chi connectivity index (χ0) is 26.9. The number of fused-ring (bicyclic) bond motifs is 8. The summed E-state index contributed by atoms with van der Waals surface area (Å²) in [6, 6.07) is 36.6. The summed E-state index contributed by atoms with van der Waals surface area (Å²) in [7, 11) is -2.09. The number of benzene rings is 4. The first-order chi connectivity index (χ1) is 18.9. The Bertz CT molecular complexity index is 1570. The first-order valence-corrected chi connectivity index (χ1v) is 21.8. The zero-order valence-corrected chi connectivity index (χ0v) is 26.8. The molecule has 0 fully saturated rings. The van der Waals surface area contributed by atoms with E-state index >= 15 is 0 Å². The van der Waals surface area contributed by atoms with Gasteiger partial charge < -0.3 is 0 Å². The van der Waals surface area contributed by atoms with Crippen molar-refractivity contribution in [3.05, 3.63) is 143 Å². The summed E-state index contributed by atoms with van der Waals surface area (Å²) in [5, 5.41) is 3.43. The normalized spacial score (nSPS) is 20.5. The zero-order valence-electron chi connectivity index (χ0n) is 23.4. The molecule has 1 heterocycles. The van der Waals surface area contributed by atoms with E-state index in [1.807, 2.05) is 0 Å². The van der Waals surface area contributed by atoms with Crippen LogP contribution in [0.5, 0.6) is 0 Å². The van der Waals surface area contributed by atoms with Gasteiger partial charge >= 0.3 is 244 Å². The molecule has 2 heteroatoms. The fourth-order valence-corrected chi connectivity index (χ4v) is 22.7. The molecule has 2 unspecified atom stereocenters. The van der Waals surface area contributed by atoms with Crippen LogP contribution in [0.2, 0.25) is 17.2 Å². The first kappa shape index (κ1) is 25.2. The van der Waals surface area contributed by atoms with Crippen LogP contribution in [0.3, 0.4) is 0 Å². The molecule has 4 aromatic rings. The molecule has 0 saturated carbocycles. The van der Waals surface area contributed by atoms with Gasteiger partial charge in [0.2, 0.25) is 0 Å². The van der Waals surface area contributed by atoms with Crippen LogP contribution in [-0.4, -0.2) is 8.07 Å². The summed E-state index contributed by atoms with van der Waals surface area (Å²) in [6.07, 6.45) is 2.26. The van der Waals surface area contributed by atoms with Crippen LogP contribution < -0.4 is 0 Å². The number of hydrogen-bond donors (Lipinski definition) is 0. The molecule has 39 heavy (non-hydrogen) atoms. The third kappa shape index (κ3) is 3.57. The Labute approximate surface area is 242 Å². The van der Waals surface area contributed by atoms with Crippen LogP contribution in [0.4, 0.5) is 0 Å². The average molecular weight is 599 g/mol. The van der Waals surface area contributed by atoms with E-state index in [-0.39, 0.29) is 0 Å². The molecule has 2 aliphatic carbocycles. The molecule has 0 amide bonds. The van der Waals surface area contributed by atoms with Crippen molar-refractivity contribution >= 4 is 18.5 Å². The summed E-state index contributed by atoms with van der Waals surface area (Å²) < 4.78 is 2.43.